The minimum Gasteiger partial charge on any atom is -0.381 e. The van der Waals surface area contributed by atoms with Crippen molar-refractivity contribution >= 4 is 0 Å². The molecular formula is C15H27NO. The van der Waals surface area contributed by atoms with Crippen LogP contribution in [0, 0.1) is 18.3 Å². The highest BCUT2D eigenvalue weighted by Crippen LogP contribution is 2.20. The van der Waals surface area contributed by atoms with Crippen molar-refractivity contribution in [3.63, 3.8) is 0 Å². The van der Waals surface area contributed by atoms with E-state index in [2.05, 4.69) is 11.2 Å². The maximum atomic E-state index is 5.36. The molecule has 0 amide bonds. The molecule has 0 atom stereocenters. The summed E-state index contributed by atoms with van der Waals surface area (Å²) in [6, 6.07) is 0. The summed E-state index contributed by atoms with van der Waals surface area (Å²) >= 11 is 0. The van der Waals surface area contributed by atoms with Gasteiger partial charge in [0.15, 0.2) is 0 Å². The molecule has 0 aromatic heterocycles. The van der Waals surface area contributed by atoms with Crippen LogP contribution in [0.15, 0.2) is 0 Å². The number of unbranched alkanes of at least 4 members (excludes halogenated alkanes) is 3. The minimum atomic E-state index is 0.922. The SMILES string of the molecule is C#CCCCCNCCCCC1CCOCC1. The van der Waals surface area contributed by atoms with Crippen LogP contribution in [0.1, 0.15) is 51.4 Å². The van der Waals surface area contributed by atoms with Crippen LogP contribution in [0.2, 0.25) is 0 Å². The second-order valence-electron chi connectivity index (χ2n) is 4.96. The van der Waals surface area contributed by atoms with Crippen molar-refractivity contribution in [1.29, 1.82) is 0 Å². The topological polar surface area (TPSA) is 21.3 Å². The highest BCUT2D eigenvalue weighted by Gasteiger charge is 2.12. The summed E-state index contributed by atoms with van der Waals surface area (Å²) < 4.78 is 5.36. The molecule has 1 aliphatic rings. The van der Waals surface area contributed by atoms with Gasteiger partial charge in [-0.1, -0.05) is 12.8 Å². The van der Waals surface area contributed by atoms with Gasteiger partial charge in [-0.25, -0.2) is 0 Å². The molecule has 1 fully saturated rings. The molecule has 2 nitrogen and oxygen atoms in total. The van der Waals surface area contributed by atoms with Gasteiger partial charge in [0, 0.05) is 19.6 Å². The number of ether oxygens (including phenoxy) is 1. The summed E-state index contributed by atoms with van der Waals surface area (Å²) in [5, 5.41) is 3.49. The van der Waals surface area contributed by atoms with Gasteiger partial charge in [-0.2, -0.15) is 0 Å². The lowest BCUT2D eigenvalue weighted by atomic mass is 9.94. The maximum Gasteiger partial charge on any atom is 0.0468 e. The van der Waals surface area contributed by atoms with Crippen molar-refractivity contribution in [2.75, 3.05) is 26.3 Å². The Bertz CT molecular complexity index is 203. The average molecular weight is 237 g/mol. The quantitative estimate of drug-likeness (QED) is 0.492. The number of rotatable bonds is 9. The maximum absolute atomic E-state index is 5.36. The molecule has 1 heterocycles. The van der Waals surface area contributed by atoms with E-state index < -0.39 is 0 Å². The molecule has 0 aliphatic carbocycles. The molecule has 98 valence electrons. The van der Waals surface area contributed by atoms with E-state index in [1.807, 2.05) is 0 Å². The second-order valence-corrected chi connectivity index (χ2v) is 4.96. The first-order chi connectivity index (χ1) is 8.43. The first kappa shape index (κ1) is 14.5. The molecule has 0 aromatic rings. The lowest BCUT2D eigenvalue weighted by Gasteiger charge is -2.21. The van der Waals surface area contributed by atoms with Crippen molar-refractivity contribution in [1.82, 2.24) is 5.32 Å². The van der Waals surface area contributed by atoms with Crippen LogP contribution in [0.25, 0.3) is 0 Å². The Balaban J connectivity index is 1.76. The molecule has 0 bridgehead atoms. The first-order valence-corrected chi connectivity index (χ1v) is 7.15. The van der Waals surface area contributed by atoms with E-state index in [-0.39, 0.29) is 0 Å². The number of terminal acetylenes is 1. The fraction of sp³-hybridized carbons (Fsp3) is 0.867. The molecule has 1 saturated heterocycles. The first-order valence-electron chi connectivity index (χ1n) is 7.15. The van der Waals surface area contributed by atoms with E-state index in [1.165, 1.54) is 45.1 Å². The Morgan fingerprint density at radius 1 is 1.06 bits per heavy atom. The van der Waals surface area contributed by atoms with Gasteiger partial charge in [0.05, 0.1) is 0 Å². The molecular weight excluding hydrogens is 210 g/mol. The van der Waals surface area contributed by atoms with Crippen LogP contribution in [0.4, 0.5) is 0 Å². The summed E-state index contributed by atoms with van der Waals surface area (Å²) in [6.45, 7) is 4.26. The Kier molecular flexibility index (Phi) is 9.09. The van der Waals surface area contributed by atoms with Crippen LogP contribution in [0.5, 0.6) is 0 Å². The summed E-state index contributed by atoms with van der Waals surface area (Å²) in [6.07, 6.45) is 15.1. The van der Waals surface area contributed by atoms with Crippen LogP contribution >= 0.6 is 0 Å². The predicted molar refractivity (Wildman–Crippen MR) is 72.9 cm³/mol. The molecule has 0 spiro atoms. The highest BCUT2D eigenvalue weighted by atomic mass is 16.5. The van der Waals surface area contributed by atoms with Gasteiger partial charge in [-0.15, -0.1) is 12.3 Å². The Hall–Kier alpha value is -0.520. The average Bonchev–Trinajstić information content (AvgIpc) is 2.38. The molecule has 1 N–H and O–H groups in total. The monoisotopic (exact) mass is 237 g/mol. The molecule has 1 aliphatic heterocycles. The standard InChI is InChI=1S/C15H27NO/c1-2-3-4-6-11-16-12-7-5-8-15-9-13-17-14-10-15/h1,15-16H,3-14H2. The Morgan fingerprint density at radius 2 is 1.76 bits per heavy atom. The largest absolute Gasteiger partial charge is 0.381 e. The van der Waals surface area contributed by atoms with Gasteiger partial charge in [0.1, 0.15) is 0 Å². The van der Waals surface area contributed by atoms with Crippen molar-refractivity contribution in [2.24, 2.45) is 5.92 Å². The van der Waals surface area contributed by atoms with Gasteiger partial charge >= 0.3 is 0 Å². The van der Waals surface area contributed by atoms with Gasteiger partial charge in [-0.3, -0.25) is 0 Å². The minimum absolute atomic E-state index is 0.922. The van der Waals surface area contributed by atoms with E-state index in [4.69, 9.17) is 11.2 Å². The molecule has 0 saturated carbocycles. The molecule has 0 aromatic carbocycles. The molecule has 0 radical (unpaired) electrons. The van der Waals surface area contributed by atoms with Crippen LogP contribution in [0.3, 0.4) is 0 Å². The normalized spacial score (nSPS) is 16.9. The van der Waals surface area contributed by atoms with E-state index in [1.54, 1.807) is 0 Å². The zero-order chi connectivity index (χ0) is 12.2. The van der Waals surface area contributed by atoms with Crippen LogP contribution in [-0.2, 0) is 4.74 Å². The van der Waals surface area contributed by atoms with Gasteiger partial charge in [0.25, 0.3) is 0 Å². The fourth-order valence-corrected chi connectivity index (χ4v) is 2.32. The molecule has 17 heavy (non-hydrogen) atoms. The Labute approximate surface area is 107 Å². The van der Waals surface area contributed by atoms with E-state index >= 15 is 0 Å². The smallest absolute Gasteiger partial charge is 0.0468 e. The van der Waals surface area contributed by atoms with Crippen molar-refractivity contribution < 1.29 is 4.74 Å². The second kappa shape index (κ2) is 10.6. The predicted octanol–water partition coefficient (Wildman–Crippen LogP) is 2.98. The summed E-state index contributed by atoms with van der Waals surface area (Å²) in [5.74, 6) is 3.61. The fourth-order valence-electron chi connectivity index (χ4n) is 2.32. The summed E-state index contributed by atoms with van der Waals surface area (Å²) in [7, 11) is 0. The molecule has 1 rings (SSSR count). The highest BCUT2D eigenvalue weighted by molar-refractivity contribution is 4.82. The van der Waals surface area contributed by atoms with E-state index in [0.717, 1.165) is 38.5 Å². The number of hydrogen-bond donors (Lipinski definition) is 1. The third kappa shape index (κ3) is 8.24. The van der Waals surface area contributed by atoms with Crippen LogP contribution in [-0.4, -0.2) is 26.3 Å². The summed E-state index contributed by atoms with van der Waals surface area (Å²) in [4.78, 5) is 0. The van der Waals surface area contributed by atoms with Crippen molar-refractivity contribution in [2.45, 2.75) is 51.4 Å². The summed E-state index contributed by atoms with van der Waals surface area (Å²) in [5.41, 5.74) is 0. The lowest BCUT2D eigenvalue weighted by Crippen LogP contribution is -2.18. The van der Waals surface area contributed by atoms with E-state index in [0.29, 0.717) is 0 Å². The number of hydrogen-bond acceptors (Lipinski definition) is 2. The lowest BCUT2D eigenvalue weighted by molar-refractivity contribution is 0.0632. The van der Waals surface area contributed by atoms with Crippen molar-refractivity contribution in [3.05, 3.63) is 0 Å². The van der Waals surface area contributed by atoms with Gasteiger partial charge in [0.2, 0.25) is 0 Å². The molecule has 2 heteroatoms. The van der Waals surface area contributed by atoms with Crippen LogP contribution < -0.4 is 5.32 Å². The van der Waals surface area contributed by atoms with E-state index in [9.17, 15) is 0 Å². The number of nitrogens with one attached hydrogen (secondary N) is 1. The van der Waals surface area contributed by atoms with Crippen molar-refractivity contribution in [3.8, 4) is 12.3 Å². The third-order valence-electron chi connectivity index (χ3n) is 3.48. The zero-order valence-corrected chi connectivity index (χ0v) is 11.0. The third-order valence-corrected chi connectivity index (χ3v) is 3.48. The molecule has 0 unspecified atom stereocenters. The Morgan fingerprint density at radius 3 is 2.47 bits per heavy atom. The zero-order valence-electron chi connectivity index (χ0n) is 11.0. The van der Waals surface area contributed by atoms with Gasteiger partial charge in [-0.05, 0) is 51.1 Å². The van der Waals surface area contributed by atoms with Gasteiger partial charge < -0.3 is 10.1 Å².